The number of nitrogen functional groups attached to an aromatic ring is 3. The summed E-state index contributed by atoms with van der Waals surface area (Å²) in [6, 6.07) is 48.6. The van der Waals surface area contributed by atoms with Crippen molar-refractivity contribution in [3.63, 3.8) is 0 Å². The molecule has 480 valence electrons. The number of aliphatic hydroxyl groups excluding tert-OH is 1. The van der Waals surface area contributed by atoms with E-state index in [4.69, 9.17) is 17.2 Å². The third-order valence-corrected chi connectivity index (χ3v) is 14.7. The molecule has 23 nitrogen and oxygen atoms in total. The lowest BCUT2D eigenvalue weighted by atomic mass is 9.97. The number of aromatic nitrogens is 6. The Hall–Kier alpha value is -11.3. The van der Waals surface area contributed by atoms with Crippen LogP contribution in [-0.4, -0.2) is 145 Å². The van der Waals surface area contributed by atoms with Crippen LogP contribution in [0.4, 0.5) is 34.5 Å². The molecule has 1 aliphatic heterocycles. The van der Waals surface area contributed by atoms with Crippen LogP contribution >= 0.6 is 0 Å². The first-order valence-electron chi connectivity index (χ1n) is 29.4. The van der Waals surface area contributed by atoms with Crippen molar-refractivity contribution in [3.05, 3.63) is 216 Å². The van der Waals surface area contributed by atoms with E-state index in [-0.39, 0.29) is 76.2 Å². The minimum Gasteiger partial charge on any atom is -0.396 e. The van der Waals surface area contributed by atoms with Crippen LogP contribution in [0.2, 0.25) is 0 Å². The number of nitrogens with one attached hydrogen (secondary N) is 4. The van der Waals surface area contributed by atoms with Gasteiger partial charge in [-0.3, -0.25) is 28.8 Å². The van der Waals surface area contributed by atoms with Gasteiger partial charge in [0.25, 0.3) is 35.4 Å². The molecule has 2 aliphatic rings. The van der Waals surface area contributed by atoms with Gasteiger partial charge in [-0.25, -0.2) is 29.9 Å². The molecular weight excluding hydrogens is 1150 g/mol. The number of nitrogens with two attached hydrogens (primary N) is 3. The Bertz CT molecular complexity index is 4060. The number of benzene rings is 6. The monoisotopic (exact) mass is 1240 g/mol. The summed E-state index contributed by atoms with van der Waals surface area (Å²) in [6.45, 7) is 2.79. The molecule has 23 heteroatoms. The Morgan fingerprint density at radius 3 is 1.33 bits per heavy atom. The van der Waals surface area contributed by atoms with E-state index >= 15 is 0 Å². The number of carbonyl (C=O) groups is 6. The highest BCUT2D eigenvalue weighted by Crippen LogP contribution is 2.27. The van der Waals surface area contributed by atoms with Crippen molar-refractivity contribution in [1.82, 2.24) is 49.9 Å². The number of likely N-dealkylation sites (N-methyl/N-ethyl adjacent to an activating group) is 2. The van der Waals surface area contributed by atoms with Gasteiger partial charge in [-0.2, -0.15) is 0 Å². The molecule has 1 saturated carbocycles. The minimum absolute atomic E-state index is 0. The second-order valence-corrected chi connectivity index (χ2v) is 21.9. The van der Waals surface area contributed by atoms with E-state index in [9.17, 15) is 33.9 Å². The van der Waals surface area contributed by atoms with Crippen LogP contribution in [0.3, 0.4) is 0 Å². The molecule has 1 saturated heterocycles. The van der Waals surface area contributed by atoms with Crippen LogP contribution < -0.4 is 38.5 Å². The summed E-state index contributed by atoms with van der Waals surface area (Å²) in [7, 11) is 5.70. The number of para-hydroxylation sites is 3. The third-order valence-electron chi connectivity index (χ3n) is 14.7. The first kappa shape index (κ1) is 64.2. The summed E-state index contributed by atoms with van der Waals surface area (Å²) in [6.07, 6.45) is 8.17. The molecule has 0 spiro atoms. The highest BCUT2D eigenvalue weighted by molar-refractivity contribution is 6.08. The summed E-state index contributed by atoms with van der Waals surface area (Å²) in [5.74, 6) is -1.19. The molecular formula is C68H86N16O7. The molecule has 91 heavy (non-hydrogen) atoms. The van der Waals surface area contributed by atoms with Gasteiger partial charge in [-0.15, -0.1) is 0 Å². The Labute approximate surface area is 538 Å². The van der Waals surface area contributed by atoms with E-state index in [0.29, 0.717) is 87.6 Å². The van der Waals surface area contributed by atoms with Crippen molar-refractivity contribution in [1.29, 1.82) is 0 Å². The van der Waals surface area contributed by atoms with Crippen molar-refractivity contribution in [3.8, 4) is 33.8 Å². The summed E-state index contributed by atoms with van der Waals surface area (Å²) in [5, 5.41) is 20.5. The van der Waals surface area contributed by atoms with Crippen molar-refractivity contribution >= 4 is 70.0 Å². The summed E-state index contributed by atoms with van der Waals surface area (Å²) in [4.78, 5) is 107. The number of anilines is 6. The van der Waals surface area contributed by atoms with Gasteiger partial charge >= 0.3 is 0 Å². The number of amides is 6. The van der Waals surface area contributed by atoms with E-state index in [2.05, 4.69) is 51.2 Å². The molecule has 1 aliphatic carbocycles. The molecule has 2 fully saturated rings. The largest absolute Gasteiger partial charge is 0.396 e. The van der Waals surface area contributed by atoms with Crippen LogP contribution in [0, 0.1) is 5.92 Å². The Kier molecular flexibility index (Phi) is 21.6. The van der Waals surface area contributed by atoms with Crippen molar-refractivity contribution in [2.45, 2.75) is 31.7 Å². The highest BCUT2D eigenvalue weighted by Gasteiger charge is 2.26. The van der Waals surface area contributed by atoms with Gasteiger partial charge in [-0.05, 0) is 118 Å². The number of piperidine rings is 1. The van der Waals surface area contributed by atoms with Gasteiger partial charge < -0.3 is 58.3 Å². The van der Waals surface area contributed by atoms with Gasteiger partial charge in [0, 0.05) is 108 Å². The SMILES string of the molecule is CN(C)CCN(C)C(=O)c1cccc(-c2cnc(N)c(C(=O)Nc3ccccc3)n2)c1.Nc1ncc(-c2ccc(C(=O)NC3CC3)cc2)nc1C(=O)Nc1ccccc1.Nc1ncc(-c2cccc(C(=O)N3CCC(CO)CC3)c2)nc1C(=O)Nc1ccccc1.[HH].[HH].[HH].[HH].[HH].[HH].[HH].[HH]. The fraction of sp³-hybridized carbons (Fsp3) is 0.206. The Morgan fingerprint density at radius 1 is 0.495 bits per heavy atom. The number of rotatable bonds is 17. The highest BCUT2D eigenvalue weighted by atomic mass is 16.3. The molecule has 3 aromatic heterocycles. The van der Waals surface area contributed by atoms with Gasteiger partial charge in [0.1, 0.15) is 0 Å². The zero-order valence-electron chi connectivity index (χ0n) is 50.5. The molecule has 6 amide bonds. The lowest BCUT2D eigenvalue weighted by molar-refractivity contribution is 0.0650. The molecule has 11 N–H and O–H groups in total. The fourth-order valence-corrected chi connectivity index (χ4v) is 9.33. The zero-order valence-corrected chi connectivity index (χ0v) is 50.5. The standard InChI is InChI=1S/C24H25N5O3.C23H26N6O2.C21H19N5O2.8H2/c25-22-21(23(31)27-19-7-2-1-3-8-19)28-20(14-26-22)17-5-4-6-18(13-17)24(32)29-11-9-16(15-30)10-12-29;1-28(2)12-13-29(3)23(31)17-9-7-8-16(14-17)19-15-25-21(24)20(27-19)22(30)26-18-10-5-4-6-11-18;22-19-18(21(28)25-15-4-2-1-3-5-15)26-17(12-23-19)13-6-8-14(9-7-13)20(27)24-16-10-11-16;;;;;;;;/h1-8,13-14,16,30H,9-12,15H2,(H2,25,26)(H,27,31);4-11,14-15H,12-13H2,1-3H3,(H2,24,25)(H,26,30);1-9,12,16H,10-11H2,(H2,22,23)(H,24,27)(H,25,28);8*1H. The molecule has 6 aromatic carbocycles. The minimum atomic E-state index is -0.456. The average molecular weight is 1240 g/mol. The topological polar surface area (TPSA) is 336 Å². The maximum absolute atomic E-state index is 13.0. The van der Waals surface area contributed by atoms with Gasteiger partial charge in [0.15, 0.2) is 34.5 Å². The quantitative estimate of drug-likeness (QED) is 0.0420. The Balaban J connectivity index is 0.000000715. The van der Waals surface area contributed by atoms with Gasteiger partial charge in [-0.1, -0.05) is 91.0 Å². The van der Waals surface area contributed by atoms with E-state index in [0.717, 1.165) is 37.8 Å². The number of hydrogen-bond acceptors (Lipinski definition) is 17. The molecule has 0 atom stereocenters. The number of carbonyl (C=O) groups excluding carboxylic acids is 6. The average Bonchev–Trinajstić information content (AvgIpc) is 0.887. The molecule has 0 unspecified atom stereocenters. The maximum atomic E-state index is 13.0. The summed E-state index contributed by atoms with van der Waals surface area (Å²) >= 11 is 0. The molecule has 11 rings (SSSR count). The van der Waals surface area contributed by atoms with Crippen molar-refractivity contribution < 1.29 is 45.3 Å². The molecule has 9 aromatic rings. The van der Waals surface area contributed by atoms with E-state index in [1.54, 1.807) is 114 Å². The van der Waals surface area contributed by atoms with Crippen LogP contribution in [-0.2, 0) is 0 Å². The first-order chi connectivity index (χ1) is 44.0. The first-order valence-corrected chi connectivity index (χ1v) is 29.4. The predicted molar refractivity (Wildman–Crippen MR) is 367 cm³/mol. The number of nitrogens with zero attached hydrogens (tertiary/aromatic N) is 9. The van der Waals surface area contributed by atoms with E-state index < -0.39 is 17.7 Å². The van der Waals surface area contributed by atoms with Gasteiger partial charge in [0.2, 0.25) is 0 Å². The van der Waals surface area contributed by atoms with E-state index in [1.165, 1.54) is 18.6 Å². The van der Waals surface area contributed by atoms with Crippen LogP contribution in [0.15, 0.2) is 182 Å². The molecule has 4 heterocycles. The Morgan fingerprint density at radius 2 is 0.912 bits per heavy atom. The number of hydrogen-bond donors (Lipinski definition) is 8. The van der Waals surface area contributed by atoms with Crippen molar-refractivity contribution in [2.75, 3.05) is 87.1 Å². The smallest absolute Gasteiger partial charge is 0.278 e. The van der Waals surface area contributed by atoms with Gasteiger partial charge in [0.05, 0.1) is 35.7 Å². The second kappa shape index (κ2) is 30.6. The number of aliphatic hydroxyl groups is 1. The van der Waals surface area contributed by atoms with E-state index in [1.807, 2.05) is 85.7 Å². The molecule has 0 bridgehead atoms. The third kappa shape index (κ3) is 17.7. The zero-order chi connectivity index (χ0) is 64.4. The lowest BCUT2D eigenvalue weighted by Gasteiger charge is -2.31. The van der Waals surface area contributed by atoms with Crippen LogP contribution in [0.5, 0.6) is 0 Å². The van der Waals surface area contributed by atoms with Crippen molar-refractivity contribution in [2.24, 2.45) is 5.92 Å². The number of likely N-dealkylation sites (tertiary alicyclic amines) is 1. The normalized spacial score (nSPS) is 12.6. The predicted octanol–water partition coefficient (Wildman–Crippen LogP) is 10.3. The maximum Gasteiger partial charge on any atom is 0.278 e. The lowest BCUT2D eigenvalue weighted by Crippen LogP contribution is -2.39. The van der Waals surface area contributed by atoms with Crippen LogP contribution in [0.25, 0.3) is 33.8 Å². The van der Waals surface area contributed by atoms with Crippen LogP contribution in [0.1, 0.15) is 99.6 Å². The summed E-state index contributed by atoms with van der Waals surface area (Å²) in [5.41, 5.74) is 24.8. The summed E-state index contributed by atoms with van der Waals surface area (Å²) < 4.78 is 0. The second-order valence-electron chi connectivity index (χ2n) is 21.9. The molecule has 0 radical (unpaired) electrons. The fourth-order valence-electron chi connectivity index (χ4n) is 9.33.